The Bertz CT molecular complexity index is 538. The highest BCUT2D eigenvalue weighted by molar-refractivity contribution is 9.10. The van der Waals surface area contributed by atoms with E-state index in [2.05, 4.69) is 21.2 Å². The van der Waals surface area contributed by atoms with Gasteiger partial charge in [-0.25, -0.2) is 0 Å². The topological polar surface area (TPSA) is 64.6 Å². The number of Topliss-reactive ketones (excluding diaryl/α,β-unsaturated/α-hetero) is 1. The van der Waals surface area contributed by atoms with Gasteiger partial charge in [-0.05, 0) is 25.5 Å². The molecule has 0 aromatic heterocycles. The van der Waals surface area contributed by atoms with Gasteiger partial charge in [0.2, 0.25) is 5.91 Å². The van der Waals surface area contributed by atoms with Crippen LogP contribution in [0.4, 0.5) is 0 Å². The quantitative estimate of drug-likeness (QED) is 0.700. The Balaban J connectivity index is 1.61. The van der Waals surface area contributed by atoms with E-state index >= 15 is 0 Å². The minimum absolute atomic E-state index is 0.0461. The number of amides is 1. The average Bonchev–Trinajstić information content (AvgIpc) is 2.94. The molecule has 1 amide bonds. The van der Waals surface area contributed by atoms with E-state index in [0.717, 1.165) is 4.47 Å². The van der Waals surface area contributed by atoms with E-state index in [0.29, 0.717) is 51.0 Å². The number of halogens is 1. The minimum Gasteiger partial charge on any atom is -0.356 e. The van der Waals surface area contributed by atoms with E-state index in [1.165, 1.54) is 0 Å². The van der Waals surface area contributed by atoms with Gasteiger partial charge in [-0.3, -0.25) is 9.59 Å². The lowest BCUT2D eigenvalue weighted by Crippen LogP contribution is -2.33. The lowest BCUT2D eigenvalue weighted by molar-refractivity contribution is -0.146. The first-order chi connectivity index (χ1) is 11.0. The molecule has 5 nitrogen and oxygen atoms in total. The average molecular weight is 384 g/mol. The number of ketones is 1. The second-order valence-electron chi connectivity index (χ2n) is 5.71. The van der Waals surface area contributed by atoms with Crippen molar-refractivity contribution in [2.24, 2.45) is 0 Å². The third kappa shape index (κ3) is 6.05. The molecule has 1 aromatic rings. The summed E-state index contributed by atoms with van der Waals surface area (Å²) in [5, 5.41) is 2.84. The highest BCUT2D eigenvalue weighted by Gasteiger charge is 2.30. The second kappa shape index (κ2) is 8.57. The van der Waals surface area contributed by atoms with Gasteiger partial charge in [-0.1, -0.05) is 28.1 Å². The Hall–Kier alpha value is -1.24. The molecule has 2 rings (SSSR count). The van der Waals surface area contributed by atoms with Crippen molar-refractivity contribution >= 4 is 27.6 Å². The molecule has 0 unspecified atom stereocenters. The van der Waals surface area contributed by atoms with E-state index in [9.17, 15) is 9.59 Å². The van der Waals surface area contributed by atoms with Crippen LogP contribution in [0.5, 0.6) is 0 Å². The monoisotopic (exact) mass is 383 g/mol. The summed E-state index contributed by atoms with van der Waals surface area (Å²) in [5.41, 5.74) is 0.678. The molecule has 1 aromatic carbocycles. The predicted octanol–water partition coefficient (Wildman–Crippen LogP) is 3.07. The molecule has 1 saturated heterocycles. The zero-order valence-electron chi connectivity index (χ0n) is 13.3. The van der Waals surface area contributed by atoms with Crippen LogP contribution < -0.4 is 5.32 Å². The molecule has 1 N–H and O–H groups in total. The summed E-state index contributed by atoms with van der Waals surface area (Å²) in [6, 6.07) is 7.25. The summed E-state index contributed by atoms with van der Waals surface area (Å²) in [6.45, 7) is 3.59. The van der Waals surface area contributed by atoms with Gasteiger partial charge in [0, 0.05) is 35.8 Å². The van der Waals surface area contributed by atoms with Crippen molar-refractivity contribution in [3.8, 4) is 0 Å². The maximum Gasteiger partial charge on any atom is 0.220 e. The Kier molecular flexibility index (Phi) is 6.74. The van der Waals surface area contributed by atoms with Crippen molar-refractivity contribution in [1.29, 1.82) is 0 Å². The molecule has 0 spiro atoms. The Morgan fingerprint density at radius 2 is 1.83 bits per heavy atom. The molecule has 1 aliphatic rings. The van der Waals surface area contributed by atoms with Crippen molar-refractivity contribution in [2.75, 3.05) is 19.8 Å². The van der Waals surface area contributed by atoms with Crippen LogP contribution in [-0.2, 0) is 14.3 Å². The van der Waals surface area contributed by atoms with Crippen LogP contribution in [-0.4, -0.2) is 37.2 Å². The highest BCUT2D eigenvalue weighted by Crippen LogP contribution is 2.21. The molecular formula is C17H22BrNO4. The molecule has 23 heavy (non-hydrogen) atoms. The van der Waals surface area contributed by atoms with Crippen molar-refractivity contribution in [2.45, 2.75) is 38.4 Å². The Morgan fingerprint density at radius 1 is 1.17 bits per heavy atom. The summed E-state index contributed by atoms with van der Waals surface area (Å²) in [7, 11) is 0. The van der Waals surface area contributed by atoms with Crippen molar-refractivity contribution in [3.63, 3.8) is 0 Å². The van der Waals surface area contributed by atoms with E-state index in [1.54, 1.807) is 12.1 Å². The molecule has 0 saturated carbocycles. The van der Waals surface area contributed by atoms with Gasteiger partial charge in [0.05, 0.1) is 13.2 Å². The lowest BCUT2D eigenvalue weighted by atomic mass is 10.1. The number of hydrogen-bond acceptors (Lipinski definition) is 4. The Labute approximate surface area is 144 Å². The van der Waals surface area contributed by atoms with Crippen LogP contribution in [0.1, 0.15) is 43.0 Å². The molecule has 0 atom stereocenters. The van der Waals surface area contributed by atoms with Gasteiger partial charge in [0.1, 0.15) is 0 Å². The third-order valence-electron chi connectivity index (χ3n) is 3.77. The summed E-state index contributed by atoms with van der Waals surface area (Å²) < 4.78 is 11.9. The minimum atomic E-state index is -0.579. The SMILES string of the molecule is CC1(CCNC(=O)CCCC(=O)c2ccc(Br)cc2)OCCO1. The first-order valence-electron chi connectivity index (χ1n) is 7.82. The number of benzene rings is 1. The molecule has 0 bridgehead atoms. The fourth-order valence-electron chi connectivity index (χ4n) is 2.41. The van der Waals surface area contributed by atoms with E-state index < -0.39 is 5.79 Å². The fraction of sp³-hybridized carbons (Fsp3) is 0.529. The van der Waals surface area contributed by atoms with Crippen LogP contribution >= 0.6 is 15.9 Å². The maximum atomic E-state index is 12.0. The molecule has 6 heteroatoms. The molecule has 0 radical (unpaired) electrons. The number of hydrogen-bond donors (Lipinski definition) is 1. The standard InChI is InChI=1S/C17H22BrNO4/c1-17(22-11-12-23-17)9-10-19-16(21)4-2-3-15(20)13-5-7-14(18)8-6-13/h5-8H,2-4,9-12H2,1H3,(H,19,21). The van der Waals surface area contributed by atoms with Crippen molar-refractivity contribution in [1.82, 2.24) is 5.32 Å². The summed E-state index contributed by atoms with van der Waals surface area (Å²) in [5.74, 6) is -0.564. The van der Waals surface area contributed by atoms with E-state index in [-0.39, 0.29) is 11.7 Å². The van der Waals surface area contributed by atoms with Gasteiger partial charge in [0.15, 0.2) is 11.6 Å². The smallest absolute Gasteiger partial charge is 0.220 e. The summed E-state index contributed by atoms with van der Waals surface area (Å²) in [4.78, 5) is 23.8. The van der Waals surface area contributed by atoms with Crippen LogP contribution in [0.2, 0.25) is 0 Å². The third-order valence-corrected chi connectivity index (χ3v) is 4.30. The summed E-state index contributed by atoms with van der Waals surface area (Å²) >= 11 is 3.34. The van der Waals surface area contributed by atoms with Gasteiger partial charge >= 0.3 is 0 Å². The first-order valence-corrected chi connectivity index (χ1v) is 8.61. The molecule has 0 aliphatic carbocycles. The first kappa shape index (κ1) is 18.1. The van der Waals surface area contributed by atoms with Crippen LogP contribution in [0, 0.1) is 0 Å². The highest BCUT2D eigenvalue weighted by atomic mass is 79.9. The van der Waals surface area contributed by atoms with Crippen LogP contribution in [0.3, 0.4) is 0 Å². The van der Waals surface area contributed by atoms with Gasteiger partial charge in [-0.15, -0.1) is 0 Å². The number of carbonyl (C=O) groups excluding carboxylic acids is 2. The second-order valence-corrected chi connectivity index (χ2v) is 6.63. The van der Waals surface area contributed by atoms with Crippen molar-refractivity contribution < 1.29 is 19.1 Å². The van der Waals surface area contributed by atoms with Crippen molar-refractivity contribution in [3.05, 3.63) is 34.3 Å². The number of carbonyl (C=O) groups is 2. The molecular weight excluding hydrogens is 362 g/mol. The van der Waals surface area contributed by atoms with E-state index in [1.807, 2.05) is 19.1 Å². The molecule has 1 heterocycles. The molecule has 1 fully saturated rings. The normalized spacial score (nSPS) is 16.3. The predicted molar refractivity (Wildman–Crippen MR) is 90.3 cm³/mol. The van der Waals surface area contributed by atoms with Crippen LogP contribution in [0.25, 0.3) is 0 Å². The summed E-state index contributed by atoms with van der Waals surface area (Å²) in [6.07, 6.45) is 1.89. The zero-order chi connectivity index (χ0) is 16.7. The van der Waals surface area contributed by atoms with E-state index in [4.69, 9.17) is 9.47 Å². The Morgan fingerprint density at radius 3 is 2.48 bits per heavy atom. The number of rotatable bonds is 8. The zero-order valence-corrected chi connectivity index (χ0v) is 14.9. The lowest BCUT2D eigenvalue weighted by Gasteiger charge is -2.22. The number of nitrogens with one attached hydrogen (secondary N) is 1. The number of ether oxygens (including phenoxy) is 2. The van der Waals surface area contributed by atoms with Gasteiger partial charge < -0.3 is 14.8 Å². The maximum absolute atomic E-state index is 12.0. The molecule has 1 aliphatic heterocycles. The van der Waals surface area contributed by atoms with Gasteiger partial charge in [-0.2, -0.15) is 0 Å². The largest absolute Gasteiger partial charge is 0.356 e. The van der Waals surface area contributed by atoms with Gasteiger partial charge in [0.25, 0.3) is 0 Å². The fourth-order valence-corrected chi connectivity index (χ4v) is 2.67. The van der Waals surface area contributed by atoms with Crippen LogP contribution in [0.15, 0.2) is 28.7 Å². The molecule has 126 valence electrons.